The molecule has 0 aliphatic rings. The lowest BCUT2D eigenvalue weighted by Crippen LogP contribution is -2.03. The molecule has 0 saturated heterocycles. The molecule has 0 saturated carbocycles. The van der Waals surface area contributed by atoms with E-state index in [1.54, 1.807) is 7.11 Å². The van der Waals surface area contributed by atoms with Crippen molar-refractivity contribution < 1.29 is 4.74 Å². The molecule has 0 radical (unpaired) electrons. The Labute approximate surface area is 125 Å². The molecule has 0 fully saturated rings. The van der Waals surface area contributed by atoms with E-state index < -0.39 is 0 Å². The minimum Gasteiger partial charge on any atom is -0.372 e. The van der Waals surface area contributed by atoms with E-state index in [0.717, 1.165) is 0 Å². The molecule has 0 spiro atoms. The van der Waals surface area contributed by atoms with Crippen molar-refractivity contribution in [1.82, 2.24) is 0 Å². The lowest BCUT2D eigenvalue weighted by atomic mass is 9.98. The molecule has 1 unspecified atom stereocenters. The summed E-state index contributed by atoms with van der Waals surface area (Å²) in [5.74, 6) is 0. The molecule has 0 heterocycles. The molecule has 0 bridgehead atoms. The Morgan fingerprint density at radius 2 is 1.05 bits per heavy atom. The SMILES string of the molecule is COC(c1ccccc1)c1ccc(-c2ccccc2)cc1. The summed E-state index contributed by atoms with van der Waals surface area (Å²) in [4.78, 5) is 0. The Bertz CT molecular complexity index is 672. The van der Waals surface area contributed by atoms with Crippen molar-refractivity contribution >= 4 is 0 Å². The summed E-state index contributed by atoms with van der Waals surface area (Å²) >= 11 is 0. The largest absolute Gasteiger partial charge is 0.372 e. The standard InChI is InChI=1S/C20H18O/c1-21-20(18-10-6-3-7-11-18)19-14-12-17(13-15-19)16-8-4-2-5-9-16/h2-15,20H,1H3. The molecule has 104 valence electrons. The van der Waals surface area contributed by atoms with Gasteiger partial charge in [0.15, 0.2) is 0 Å². The van der Waals surface area contributed by atoms with E-state index in [1.807, 2.05) is 24.3 Å². The zero-order valence-corrected chi connectivity index (χ0v) is 12.1. The van der Waals surface area contributed by atoms with Gasteiger partial charge >= 0.3 is 0 Å². The highest BCUT2D eigenvalue weighted by Gasteiger charge is 2.12. The van der Waals surface area contributed by atoms with Crippen molar-refractivity contribution in [2.45, 2.75) is 6.10 Å². The van der Waals surface area contributed by atoms with Crippen LogP contribution < -0.4 is 0 Å². The molecule has 0 aliphatic heterocycles. The van der Waals surface area contributed by atoms with E-state index in [0.29, 0.717) is 0 Å². The summed E-state index contributed by atoms with van der Waals surface area (Å²) in [7, 11) is 1.75. The molecule has 1 nitrogen and oxygen atoms in total. The summed E-state index contributed by atoms with van der Waals surface area (Å²) in [5.41, 5.74) is 4.80. The summed E-state index contributed by atoms with van der Waals surface area (Å²) < 4.78 is 5.67. The molecule has 1 heteroatoms. The van der Waals surface area contributed by atoms with Gasteiger partial charge in [0.05, 0.1) is 0 Å². The van der Waals surface area contributed by atoms with Gasteiger partial charge in [-0.2, -0.15) is 0 Å². The molecule has 0 aliphatic carbocycles. The highest BCUT2D eigenvalue weighted by molar-refractivity contribution is 5.63. The zero-order chi connectivity index (χ0) is 14.5. The lowest BCUT2D eigenvalue weighted by molar-refractivity contribution is 0.136. The molecule has 3 rings (SSSR count). The monoisotopic (exact) mass is 274 g/mol. The zero-order valence-electron chi connectivity index (χ0n) is 12.1. The molecule has 3 aromatic rings. The normalized spacial score (nSPS) is 12.0. The average Bonchev–Trinajstić information content (AvgIpc) is 2.58. The fraction of sp³-hybridized carbons (Fsp3) is 0.100. The molecule has 0 N–H and O–H groups in total. The molecular weight excluding hydrogens is 256 g/mol. The van der Waals surface area contributed by atoms with Crippen LogP contribution in [0.1, 0.15) is 17.2 Å². The Balaban J connectivity index is 1.90. The number of benzene rings is 3. The van der Waals surface area contributed by atoms with Gasteiger partial charge in [-0.3, -0.25) is 0 Å². The fourth-order valence-electron chi connectivity index (χ4n) is 2.57. The summed E-state index contributed by atoms with van der Waals surface area (Å²) in [6, 6.07) is 29.3. The fourth-order valence-corrected chi connectivity index (χ4v) is 2.57. The lowest BCUT2D eigenvalue weighted by Gasteiger charge is -2.16. The Kier molecular flexibility index (Phi) is 4.13. The van der Waals surface area contributed by atoms with Crippen molar-refractivity contribution in [3.63, 3.8) is 0 Å². The molecular formula is C20H18O. The van der Waals surface area contributed by atoms with Crippen LogP contribution in [0.25, 0.3) is 11.1 Å². The van der Waals surface area contributed by atoms with Gasteiger partial charge in [-0.15, -0.1) is 0 Å². The van der Waals surface area contributed by atoms with Crippen molar-refractivity contribution in [2.24, 2.45) is 0 Å². The van der Waals surface area contributed by atoms with Gasteiger partial charge in [0, 0.05) is 7.11 Å². The summed E-state index contributed by atoms with van der Waals surface area (Å²) in [6.07, 6.45) is -0.0176. The molecule has 0 aromatic heterocycles. The first kappa shape index (κ1) is 13.6. The van der Waals surface area contributed by atoms with Crippen LogP contribution in [-0.2, 0) is 4.74 Å². The van der Waals surface area contributed by atoms with E-state index in [2.05, 4.69) is 60.7 Å². The Morgan fingerprint density at radius 1 is 0.571 bits per heavy atom. The van der Waals surface area contributed by atoms with Crippen molar-refractivity contribution in [3.8, 4) is 11.1 Å². The number of hydrogen-bond donors (Lipinski definition) is 0. The van der Waals surface area contributed by atoms with Crippen LogP contribution in [-0.4, -0.2) is 7.11 Å². The third-order valence-electron chi connectivity index (χ3n) is 3.66. The molecule has 21 heavy (non-hydrogen) atoms. The first-order valence-electron chi connectivity index (χ1n) is 7.11. The molecule has 0 amide bonds. The molecule has 3 aromatic carbocycles. The number of methoxy groups -OCH3 is 1. The summed E-state index contributed by atoms with van der Waals surface area (Å²) in [6.45, 7) is 0. The highest BCUT2D eigenvalue weighted by Crippen LogP contribution is 2.27. The van der Waals surface area contributed by atoms with Gasteiger partial charge in [-0.25, -0.2) is 0 Å². The maximum Gasteiger partial charge on any atom is 0.107 e. The number of hydrogen-bond acceptors (Lipinski definition) is 1. The van der Waals surface area contributed by atoms with Crippen LogP contribution in [0.3, 0.4) is 0 Å². The Morgan fingerprint density at radius 3 is 1.62 bits per heavy atom. The van der Waals surface area contributed by atoms with Gasteiger partial charge < -0.3 is 4.74 Å². The Hall–Kier alpha value is -2.38. The van der Waals surface area contributed by atoms with Crippen molar-refractivity contribution in [2.75, 3.05) is 7.11 Å². The second-order valence-corrected chi connectivity index (χ2v) is 5.01. The van der Waals surface area contributed by atoms with Crippen LogP contribution in [0.4, 0.5) is 0 Å². The average molecular weight is 274 g/mol. The third kappa shape index (κ3) is 3.04. The van der Waals surface area contributed by atoms with Crippen LogP contribution in [0.15, 0.2) is 84.9 Å². The van der Waals surface area contributed by atoms with E-state index >= 15 is 0 Å². The first-order chi connectivity index (χ1) is 10.4. The van der Waals surface area contributed by atoms with Gasteiger partial charge in [0.2, 0.25) is 0 Å². The van der Waals surface area contributed by atoms with Crippen molar-refractivity contribution in [1.29, 1.82) is 0 Å². The van der Waals surface area contributed by atoms with E-state index in [-0.39, 0.29) is 6.10 Å². The highest BCUT2D eigenvalue weighted by atomic mass is 16.5. The van der Waals surface area contributed by atoms with Crippen LogP contribution >= 0.6 is 0 Å². The predicted octanol–water partition coefficient (Wildman–Crippen LogP) is 5.09. The maximum atomic E-state index is 5.67. The smallest absolute Gasteiger partial charge is 0.107 e. The van der Waals surface area contributed by atoms with Gasteiger partial charge in [0.25, 0.3) is 0 Å². The van der Waals surface area contributed by atoms with Crippen LogP contribution in [0.2, 0.25) is 0 Å². The van der Waals surface area contributed by atoms with Crippen LogP contribution in [0.5, 0.6) is 0 Å². The third-order valence-corrected chi connectivity index (χ3v) is 3.66. The van der Waals surface area contributed by atoms with Gasteiger partial charge in [0.1, 0.15) is 6.10 Å². The minimum atomic E-state index is -0.0176. The van der Waals surface area contributed by atoms with Gasteiger partial charge in [-0.1, -0.05) is 84.9 Å². The van der Waals surface area contributed by atoms with E-state index in [1.165, 1.54) is 22.3 Å². The number of ether oxygens (including phenoxy) is 1. The number of rotatable bonds is 4. The summed E-state index contributed by atoms with van der Waals surface area (Å²) in [5, 5.41) is 0. The van der Waals surface area contributed by atoms with Crippen LogP contribution in [0, 0.1) is 0 Å². The maximum absolute atomic E-state index is 5.67. The predicted molar refractivity (Wildman–Crippen MR) is 87.2 cm³/mol. The van der Waals surface area contributed by atoms with Crippen molar-refractivity contribution in [3.05, 3.63) is 96.1 Å². The minimum absolute atomic E-state index is 0.0176. The second kappa shape index (κ2) is 6.38. The topological polar surface area (TPSA) is 9.23 Å². The quantitative estimate of drug-likeness (QED) is 0.644. The molecule has 1 atom stereocenters. The first-order valence-corrected chi connectivity index (χ1v) is 7.11. The van der Waals surface area contributed by atoms with E-state index in [4.69, 9.17) is 4.74 Å². The van der Waals surface area contributed by atoms with Gasteiger partial charge in [-0.05, 0) is 22.3 Å². The van der Waals surface area contributed by atoms with E-state index in [9.17, 15) is 0 Å². The second-order valence-electron chi connectivity index (χ2n) is 5.01.